The molecular formula is C13H16N4. The quantitative estimate of drug-likeness (QED) is 0.878. The minimum atomic E-state index is 0.591. The maximum absolute atomic E-state index is 4.40. The van der Waals surface area contributed by atoms with E-state index in [-0.39, 0.29) is 0 Å². The Morgan fingerprint density at radius 1 is 1.18 bits per heavy atom. The van der Waals surface area contributed by atoms with Gasteiger partial charge in [0.05, 0.1) is 5.69 Å². The van der Waals surface area contributed by atoms with Crippen molar-refractivity contribution in [1.29, 1.82) is 0 Å². The van der Waals surface area contributed by atoms with Crippen molar-refractivity contribution < 1.29 is 0 Å². The Morgan fingerprint density at radius 2 is 2.06 bits per heavy atom. The van der Waals surface area contributed by atoms with Crippen molar-refractivity contribution in [1.82, 2.24) is 14.8 Å². The van der Waals surface area contributed by atoms with Gasteiger partial charge in [0.25, 0.3) is 0 Å². The minimum Gasteiger partial charge on any atom is -0.379 e. The Bertz CT molecular complexity index is 472. The second-order valence-corrected chi connectivity index (χ2v) is 4.45. The number of aromatic nitrogens is 3. The fraction of sp³-hybridized carbons (Fsp3) is 0.385. The van der Waals surface area contributed by atoms with E-state index in [1.165, 1.54) is 25.7 Å². The van der Waals surface area contributed by atoms with Crippen LogP contribution in [0.1, 0.15) is 25.7 Å². The summed E-state index contributed by atoms with van der Waals surface area (Å²) in [5.74, 6) is 0.879. The molecule has 2 aromatic rings. The lowest BCUT2D eigenvalue weighted by Gasteiger charge is -2.15. The zero-order valence-corrected chi connectivity index (χ0v) is 9.71. The van der Waals surface area contributed by atoms with Crippen LogP contribution in [0.5, 0.6) is 0 Å². The molecule has 0 atom stereocenters. The molecule has 1 aliphatic carbocycles. The molecule has 1 aliphatic rings. The van der Waals surface area contributed by atoms with E-state index in [0.29, 0.717) is 6.04 Å². The summed E-state index contributed by atoms with van der Waals surface area (Å²) in [6.45, 7) is 0. The molecule has 0 aromatic carbocycles. The van der Waals surface area contributed by atoms with Gasteiger partial charge in [-0.05, 0) is 31.0 Å². The number of nitrogens with zero attached hydrogens (tertiary/aromatic N) is 3. The number of nitrogens with one attached hydrogen (secondary N) is 1. The summed E-state index contributed by atoms with van der Waals surface area (Å²) >= 11 is 0. The molecule has 1 N–H and O–H groups in total. The normalized spacial score (nSPS) is 16.2. The summed E-state index contributed by atoms with van der Waals surface area (Å²) in [7, 11) is 0. The molecule has 0 radical (unpaired) electrons. The van der Waals surface area contributed by atoms with Crippen molar-refractivity contribution in [3.63, 3.8) is 0 Å². The van der Waals surface area contributed by atoms with Gasteiger partial charge in [-0.2, -0.15) is 5.10 Å². The number of hydrogen-bond acceptors (Lipinski definition) is 3. The van der Waals surface area contributed by atoms with Gasteiger partial charge in [-0.1, -0.05) is 12.8 Å². The molecule has 1 fully saturated rings. The maximum atomic E-state index is 4.40. The van der Waals surface area contributed by atoms with Crippen LogP contribution in [0.2, 0.25) is 0 Å². The molecule has 0 aliphatic heterocycles. The van der Waals surface area contributed by atoms with Gasteiger partial charge in [0, 0.05) is 24.6 Å². The molecule has 2 aromatic heterocycles. The van der Waals surface area contributed by atoms with Crippen LogP contribution in [-0.4, -0.2) is 20.8 Å². The van der Waals surface area contributed by atoms with Gasteiger partial charge in [0.2, 0.25) is 0 Å². The van der Waals surface area contributed by atoms with E-state index in [2.05, 4.69) is 21.5 Å². The van der Waals surface area contributed by atoms with Gasteiger partial charge in [0.1, 0.15) is 0 Å². The molecule has 4 nitrogen and oxygen atoms in total. The highest BCUT2D eigenvalue weighted by Crippen LogP contribution is 2.24. The predicted molar refractivity (Wildman–Crippen MR) is 67.2 cm³/mol. The van der Waals surface area contributed by atoms with Crippen molar-refractivity contribution in [3.05, 3.63) is 36.8 Å². The molecule has 1 saturated carbocycles. The molecule has 0 bridgehead atoms. The second-order valence-electron chi connectivity index (χ2n) is 4.45. The smallest absolute Gasteiger partial charge is 0.176 e. The highest BCUT2D eigenvalue weighted by Gasteiger charge is 2.16. The largest absolute Gasteiger partial charge is 0.379 e. The SMILES string of the molecule is c1cnc(-n2cccn2)c(NC2CCCC2)c1. The summed E-state index contributed by atoms with van der Waals surface area (Å²) in [5, 5.41) is 7.81. The van der Waals surface area contributed by atoms with E-state index in [9.17, 15) is 0 Å². The van der Waals surface area contributed by atoms with E-state index in [4.69, 9.17) is 0 Å². The van der Waals surface area contributed by atoms with Gasteiger partial charge in [-0.25, -0.2) is 9.67 Å². The van der Waals surface area contributed by atoms with Crippen molar-refractivity contribution in [3.8, 4) is 5.82 Å². The lowest BCUT2D eigenvalue weighted by Crippen LogP contribution is -2.16. The average molecular weight is 228 g/mol. The standard InChI is InChI=1S/C13H16N4/c1-2-6-11(5-1)16-12-7-3-8-14-13(12)17-10-4-9-15-17/h3-4,7-11,16H,1-2,5-6H2. The second kappa shape index (κ2) is 4.57. The molecule has 3 rings (SSSR count). The van der Waals surface area contributed by atoms with Crippen LogP contribution >= 0.6 is 0 Å². The van der Waals surface area contributed by atoms with Gasteiger partial charge in [-0.3, -0.25) is 0 Å². The molecule has 88 valence electrons. The molecular weight excluding hydrogens is 212 g/mol. The summed E-state index contributed by atoms with van der Waals surface area (Å²) < 4.78 is 1.80. The lowest BCUT2D eigenvalue weighted by atomic mass is 10.2. The minimum absolute atomic E-state index is 0.591. The number of pyridine rings is 1. The molecule has 0 amide bonds. The molecule has 4 heteroatoms. The molecule has 2 heterocycles. The highest BCUT2D eigenvalue weighted by molar-refractivity contribution is 5.56. The first kappa shape index (κ1) is 10.3. The maximum Gasteiger partial charge on any atom is 0.176 e. The van der Waals surface area contributed by atoms with E-state index in [1.807, 2.05) is 18.3 Å². The van der Waals surface area contributed by atoms with Gasteiger partial charge in [-0.15, -0.1) is 0 Å². The monoisotopic (exact) mass is 228 g/mol. The zero-order valence-electron chi connectivity index (χ0n) is 9.71. The van der Waals surface area contributed by atoms with E-state index in [1.54, 1.807) is 17.1 Å². The van der Waals surface area contributed by atoms with E-state index >= 15 is 0 Å². The molecule has 0 spiro atoms. The molecule has 17 heavy (non-hydrogen) atoms. The number of anilines is 1. The Balaban J connectivity index is 1.88. The topological polar surface area (TPSA) is 42.7 Å². The van der Waals surface area contributed by atoms with Gasteiger partial charge in [0.15, 0.2) is 5.82 Å². The van der Waals surface area contributed by atoms with Gasteiger partial charge < -0.3 is 5.32 Å². The van der Waals surface area contributed by atoms with Crippen LogP contribution in [0, 0.1) is 0 Å². The highest BCUT2D eigenvalue weighted by atomic mass is 15.3. The van der Waals surface area contributed by atoms with Crippen LogP contribution in [0.15, 0.2) is 36.8 Å². The third-order valence-corrected chi connectivity index (χ3v) is 3.22. The Kier molecular flexibility index (Phi) is 2.78. The first-order valence-electron chi connectivity index (χ1n) is 6.15. The summed E-state index contributed by atoms with van der Waals surface area (Å²) in [6, 6.07) is 6.54. The number of rotatable bonds is 3. The van der Waals surface area contributed by atoms with E-state index in [0.717, 1.165) is 11.5 Å². The fourth-order valence-corrected chi connectivity index (χ4v) is 2.38. The summed E-state index contributed by atoms with van der Waals surface area (Å²) in [6.07, 6.45) is 10.7. The third-order valence-electron chi connectivity index (χ3n) is 3.22. The molecule has 0 saturated heterocycles. The zero-order chi connectivity index (χ0) is 11.5. The summed E-state index contributed by atoms with van der Waals surface area (Å²) in [4.78, 5) is 4.40. The van der Waals surface area contributed by atoms with Crippen molar-refractivity contribution in [2.45, 2.75) is 31.7 Å². The van der Waals surface area contributed by atoms with Crippen LogP contribution in [0.4, 0.5) is 5.69 Å². The van der Waals surface area contributed by atoms with Crippen molar-refractivity contribution in [2.75, 3.05) is 5.32 Å². The van der Waals surface area contributed by atoms with Crippen LogP contribution in [-0.2, 0) is 0 Å². The van der Waals surface area contributed by atoms with Gasteiger partial charge >= 0.3 is 0 Å². The van der Waals surface area contributed by atoms with Crippen LogP contribution in [0.3, 0.4) is 0 Å². The number of hydrogen-bond donors (Lipinski definition) is 1. The Hall–Kier alpha value is -1.84. The van der Waals surface area contributed by atoms with Crippen LogP contribution < -0.4 is 5.32 Å². The first-order valence-corrected chi connectivity index (χ1v) is 6.15. The third kappa shape index (κ3) is 2.16. The van der Waals surface area contributed by atoms with Crippen molar-refractivity contribution in [2.24, 2.45) is 0 Å². The molecule has 0 unspecified atom stereocenters. The first-order chi connectivity index (χ1) is 8.43. The van der Waals surface area contributed by atoms with E-state index < -0.39 is 0 Å². The van der Waals surface area contributed by atoms with Crippen molar-refractivity contribution >= 4 is 5.69 Å². The Morgan fingerprint density at radius 3 is 2.82 bits per heavy atom. The fourth-order valence-electron chi connectivity index (χ4n) is 2.38. The predicted octanol–water partition coefficient (Wildman–Crippen LogP) is 2.62. The van der Waals surface area contributed by atoms with Crippen LogP contribution in [0.25, 0.3) is 5.82 Å². The lowest BCUT2D eigenvalue weighted by molar-refractivity contribution is 0.748. The Labute approximate surface area is 101 Å². The summed E-state index contributed by atoms with van der Waals surface area (Å²) in [5.41, 5.74) is 1.07. The average Bonchev–Trinajstić information content (AvgIpc) is 3.01.